The summed E-state index contributed by atoms with van der Waals surface area (Å²) < 4.78 is 27.0. The zero-order chi connectivity index (χ0) is 17.8. The van der Waals surface area contributed by atoms with Crippen molar-refractivity contribution in [2.24, 2.45) is 0 Å². The van der Waals surface area contributed by atoms with Crippen LogP contribution in [0.3, 0.4) is 0 Å². The minimum absolute atomic E-state index is 0.410. The predicted molar refractivity (Wildman–Crippen MR) is 86.3 cm³/mol. The van der Waals surface area contributed by atoms with Gasteiger partial charge in [-0.1, -0.05) is 6.08 Å². The molecule has 0 saturated heterocycles. The summed E-state index contributed by atoms with van der Waals surface area (Å²) in [6.45, 7) is 2.41. The fourth-order valence-electron chi connectivity index (χ4n) is 1.72. The van der Waals surface area contributed by atoms with Crippen molar-refractivity contribution < 1.29 is 33.4 Å². The second kappa shape index (κ2) is 7.17. The topological polar surface area (TPSA) is 102 Å². The predicted octanol–water partition coefficient (Wildman–Crippen LogP) is 2.25. The number of carbonyl (C=O) groups is 1. The SMILES string of the molecule is COc1cc(/C=C/C(=O)C(C)(C)P(=O)(O)O)cc(OC)c1OC. The highest BCUT2D eigenvalue weighted by Crippen LogP contribution is 2.50. The van der Waals surface area contributed by atoms with Gasteiger partial charge in [-0.05, 0) is 37.6 Å². The summed E-state index contributed by atoms with van der Waals surface area (Å²) in [5.74, 6) is 0.551. The Labute approximate surface area is 135 Å². The molecule has 2 N–H and O–H groups in total. The van der Waals surface area contributed by atoms with E-state index < -0.39 is 18.5 Å². The Bertz CT molecular complexity index is 633. The van der Waals surface area contributed by atoms with E-state index in [1.807, 2.05) is 0 Å². The summed E-state index contributed by atoms with van der Waals surface area (Å²) in [7, 11) is -0.155. The summed E-state index contributed by atoms with van der Waals surface area (Å²) in [5, 5.41) is -1.79. The molecule has 0 atom stereocenters. The summed E-state index contributed by atoms with van der Waals surface area (Å²) in [4.78, 5) is 30.5. The van der Waals surface area contributed by atoms with Crippen LogP contribution in [0, 0.1) is 0 Å². The lowest BCUT2D eigenvalue weighted by molar-refractivity contribution is -0.116. The van der Waals surface area contributed by atoms with Crippen LogP contribution in [0.25, 0.3) is 6.08 Å². The molecule has 7 nitrogen and oxygen atoms in total. The van der Waals surface area contributed by atoms with E-state index in [1.54, 1.807) is 12.1 Å². The summed E-state index contributed by atoms with van der Waals surface area (Å²) in [5.41, 5.74) is 0.564. The van der Waals surface area contributed by atoms with Gasteiger partial charge >= 0.3 is 7.60 Å². The third kappa shape index (κ3) is 4.13. The van der Waals surface area contributed by atoms with Gasteiger partial charge in [-0.15, -0.1) is 0 Å². The quantitative estimate of drug-likeness (QED) is 0.578. The van der Waals surface area contributed by atoms with E-state index in [0.717, 1.165) is 6.08 Å². The van der Waals surface area contributed by atoms with Crippen LogP contribution >= 0.6 is 7.60 Å². The fourth-order valence-corrected chi connectivity index (χ4v) is 2.08. The molecule has 1 aromatic rings. The average Bonchev–Trinajstić information content (AvgIpc) is 2.49. The van der Waals surface area contributed by atoms with E-state index in [1.165, 1.54) is 41.3 Å². The van der Waals surface area contributed by atoms with Crippen LogP contribution in [0.2, 0.25) is 0 Å². The van der Waals surface area contributed by atoms with Gasteiger partial charge in [0.2, 0.25) is 5.75 Å². The van der Waals surface area contributed by atoms with Crippen LogP contribution in [-0.2, 0) is 9.36 Å². The third-order valence-electron chi connectivity index (χ3n) is 3.45. The number of carbonyl (C=O) groups excluding carboxylic acids is 1. The number of hydrogen-bond donors (Lipinski definition) is 2. The minimum Gasteiger partial charge on any atom is -0.493 e. The van der Waals surface area contributed by atoms with E-state index in [-0.39, 0.29) is 0 Å². The van der Waals surface area contributed by atoms with E-state index in [9.17, 15) is 19.1 Å². The van der Waals surface area contributed by atoms with Crippen LogP contribution in [-0.4, -0.2) is 42.1 Å². The van der Waals surface area contributed by atoms with Crippen molar-refractivity contribution in [2.45, 2.75) is 19.0 Å². The van der Waals surface area contributed by atoms with Crippen molar-refractivity contribution in [3.63, 3.8) is 0 Å². The third-order valence-corrected chi connectivity index (χ3v) is 5.12. The first-order valence-corrected chi connectivity index (χ1v) is 8.28. The largest absolute Gasteiger partial charge is 0.493 e. The van der Waals surface area contributed by atoms with Gasteiger partial charge in [-0.3, -0.25) is 9.36 Å². The van der Waals surface area contributed by atoms with Gasteiger partial charge in [0.05, 0.1) is 21.3 Å². The second-order valence-electron chi connectivity index (χ2n) is 5.26. The molecule has 128 valence electrons. The lowest BCUT2D eigenvalue weighted by atomic mass is 10.1. The van der Waals surface area contributed by atoms with E-state index in [0.29, 0.717) is 22.8 Å². The fraction of sp³-hybridized carbons (Fsp3) is 0.400. The normalized spacial score (nSPS) is 12.3. The van der Waals surface area contributed by atoms with Crippen molar-refractivity contribution in [3.8, 4) is 17.2 Å². The number of hydrogen-bond acceptors (Lipinski definition) is 5. The maximum absolute atomic E-state index is 12.1. The van der Waals surface area contributed by atoms with Crippen LogP contribution in [0.15, 0.2) is 18.2 Å². The van der Waals surface area contributed by atoms with Crippen LogP contribution in [0.1, 0.15) is 19.4 Å². The molecule has 0 aromatic heterocycles. The van der Waals surface area contributed by atoms with E-state index in [2.05, 4.69) is 0 Å². The van der Waals surface area contributed by atoms with Crippen molar-refractivity contribution in [1.82, 2.24) is 0 Å². The lowest BCUT2D eigenvalue weighted by Gasteiger charge is -2.22. The van der Waals surface area contributed by atoms with Crippen molar-refractivity contribution in [3.05, 3.63) is 23.8 Å². The molecule has 0 bridgehead atoms. The molecular formula is C15H21O7P. The molecular weight excluding hydrogens is 323 g/mol. The standard InChI is InChI=1S/C15H21O7P/c1-15(2,23(17,18)19)13(16)7-6-10-8-11(20-3)14(22-5)12(9-10)21-4/h6-9H,1-5H3,(H2,17,18,19)/b7-6+. The van der Waals surface area contributed by atoms with Gasteiger partial charge in [-0.25, -0.2) is 0 Å². The van der Waals surface area contributed by atoms with Crippen LogP contribution in [0.5, 0.6) is 17.2 Å². The number of ether oxygens (including phenoxy) is 3. The molecule has 0 aliphatic heterocycles. The first-order valence-electron chi connectivity index (χ1n) is 6.66. The minimum atomic E-state index is -4.56. The highest BCUT2D eigenvalue weighted by Gasteiger charge is 2.43. The molecule has 0 spiro atoms. The lowest BCUT2D eigenvalue weighted by Crippen LogP contribution is -2.29. The van der Waals surface area contributed by atoms with Crippen LogP contribution in [0.4, 0.5) is 0 Å². The number of rotatable bonds is 7. The monoisotopic (exact) mass is 344 g/mol. The van der Waals surface area contributed by atoms with Gasteiger partial charge in [-0.2, -0.15) is 0 Å². The maximum atomic E-state index is 12.1. The van der Waals surface area contributed by atoms with Gasteiger partial charge in [0.15, 0.2) is 17.3 Å². The molecule has 8 heteroatoms. The molecule has 0 heterocycles. The van der Waals surface area contributed by atoms with Crippen molar-refractivity contribution in [2.75, 3.05) is 21.3 Å². The molecule has 0 unspecified atom stereocenters. The molecule has 0 amide bonds. The molecule has 23 heavy (non-hydrogen) atoms. The van der Waals surface area contributed by atoms with Gasteiger partial charge in [0.25, 0.3) is 0 Å². The zero-order valence-electron chi connectivity index (χ0n) is 13.7. The Morgan fingerprint density at radius 1 is 1.09 bits per heavy atom. The Hall–Kier alpha value is -1.82. The number of ketones is 1. The van der Waals surface area contributed by atoms with E-state index >= 15 is 0 Å². The molecule has 0 aliphatic carbocycles. The Morgan fingerprint density at radius 2 is 1.57 bits per heavy atom. The first kappa shape index (κ1) is 19.2. The Kier molecular flexibility index (Phi) is 5.99. The summed E-state index contributed by atoms with van der Waals surface area (Å²) >= 11 is 0. The Morgan fingerprint density at radius 3 is 1.91 bits per heavy atom. The van der Waals surface area contributed by atoms with Crippen molar-refractivity contribution >= 4 is 19.5 Å². The smallest absolute Gasteiger partial charge is 0.338 e. The van der Waals surface area contributed by atoms with Crippen molar-refractivity contribution in [1.29, 1.82) is 0 Å². The molecule has 0 saturated carbocycles. The van der Waals surface area contributed by atoms with Gasteiger partial charge in [0, 0.05) is 0 Å². The number of methoxy groups -OCH3 is 3. The molecule has 0 radical (unpaired) electrons. The summed E-state index contributed by atoms with van der Waals surface area (Å²) in [6, 6.07) is 3.24. The Balaban J connectivity index is 3.19. The number of benzene rings is 1. The number of allylic oxidation sites excluding steroid dienone is 1. The second-order valence-corrected chi connectivity index (χ2v) is 7.47. The molecule has 0 fully saturated rings. The molecule has 1 rings (SSSR count). The first-order chi connectivity index (χ1) is 10.6. The summed E-state index contributed by atoms with van der Waals surface area (Å²) in [6.07, 6.45) is 2.56. The molecule has 0 aliphatic rings. The highest BCUT2D eigenvalue weighted by molar-refractivity contribution is 7.54. The zero-order valence-corrected chi connectivity index (χ0v) is 14.6. The van der Waals surface area contributed by atoms with E-state index in [4.69, 9.17) is 14.2 Å². The average molecular weight is 344 g/mol. The van der Waals surface area contributed by atoms with Crippen LogP contribution < -0.4 is 14.2 Å². The van der Waals surface area contributed by atoms with Gasteiger partial charge in [0.1, 0.15) is 5.16 Å². The maximum Gasteiger partial charge on any atom is 0.338 e. The van der Waals surface area contributed by atoms with Gasteiger partial charge < -0.3 is 24.0 Å². The molecule has 1 aromatic carbocycles. The highest BCUT2D eigenvalue weighted by atomic mass is 31.2.